The fourth-order valence-corrected chi connectivity index (χ4v) is 2.72. The SMILES string of the molecule is CCc1ccc(NC(=O)C2CCCC2CN)cc1. The lowest BCUT2D eigenvalue weighted by Crippen LogP contribution is -2.29. The van der Waals surface area contributed by atoms with Crippen molar-refractivity contribution in [2.24, 2.45) is 17.6 Å². The molecule has 1 saturated carbocycles. The Bertz CT molecular complexity index is 399. The summed E-state index contributed by atoms with van der Waals surface area (Å²) in [5, 5.41) is 3.00. The highest BCUT2D eigenvalue weighted by molar-refractivity contribution is 5.92. The molecule has 1 aliphatic rings. The second kappa shape index (κ2) is 6.01. The summed E-state index contributed by atoms with van der Waals surface area (Å²) in [6.07, 6.45) is 4.20. The molecule has 1 aromatic carbocycles. The average molecular weight is 246 g/mol. The molecule has 1 fully saturated rings. The second-order valence-electron chi connectivity index (χ2n) is 5.07. The van der Waals surface area contributed by atoms with Crippen LogP contribution in [0.1, 0.15) is 31.7 Å². The molecular weight excluding hydrogens is 224 g/mol. The fourth-order valence-electron chi connectivity index (χ4n) is 2.72. The first-order valence-corrected chi connectivity index (χ1v) is 6.84. The molecule has 0 bridgehead atoms. The summed E-state index contributed by atoms with van der Waals surface area (Å²) < 4.78 is 0. The quantitative estimate of drug-likeness (QED) is 0.858. The summed E-state index contributed by atoms with van der Waals surface area (Å²) in [6.45, 7) is 2.74. The predicted octanol–water partition coefficient (Wildman–Crippen LogP) is 2.56. The van der Waals surface area contributed by atoms with Crippen LogP contribution in [0.5, 0.6) is 0 Å². The number of amides is 1. The number of anilines is 1. The minimum Gasteiger partial charge on any atom is -0.330 e. The number of rotatable bonds is 4. The van der Waals surface area contributed by atoms with Crippen molar-refractivity contribution in [2.75, 3.05) is 11.9 Å². The zero-order valence-corrected chi connectivity index (χ0v) is 11.0. The highest BCUT2D eigenvalue weighted by Crippen LogP contribution is 2.31. The molecule has 0 radical (unpaired) electrons. The van der Waals surface area contributed by atoms with Gasteiger partial charge in [0.15, 0.2) is 0 Å². The topological polar surface area (TPSA) is 55.1 Å². The molecule has 3 heteroatoms. The Labute approximate surface area is 109 Å². The minimum absolute atomic E-state index is 0.0980. The van der Waals surface area contributed by atoms with Crippen LogP contribution < -0.4 is 11.1 Å². The number of hydrogen-bond donors (Lipinski definition) is 2. The van der Waals surface area contributed by atoms with E-state index in [4.69, 9.17) is 5.73 Å². The number of benzene rings is 1. The van der Waals surface area contributed by atoms with Crippen LogP contribution in [0.4, 0.5) is 5.69 Å². The largest absolute Gasteiger partial charge is 0.330 e. The zero-order chi connectivity index (χ0) is 13.0. The van der Waals surface area contributed by atoms with Gasteiger partial charge in [-0.15, -0.1) is 0 Å². The number of carbonyl (C=O) groups excluding carboxylic acids is 1. The molecule has 0 saturated heterocycles. The molecule has 1 amide bonds. The molecule has 2 unspecified atom stereocenters. The molecule has 0 aromatic heterocycles. The van der Waals surface area contributed by atoms with Crippen LogP contribution in [-0.4, -0.2) is 12.5 Å². The van der Waals surface area contributed by atoms with Gasteiger partial charge in [0.05, 0.1) is 0 Å². The number of aryl methyl sites for hydroxylation is 1. The van der Waals surface area contributed by atoms with E-state index in [0.717, 1.165) is 31.4 Å². The number of hydrogen-bond acceptors (Lipinski definition) is 2. The van der Waals surface area contributed by atoms with Crippen LogP contribution >= 0.6 is 0 Å². The fraction of sp³-hybridized carbons (Fsp3) is 0.533. The van der Waals surface area contributed by atoms with Crippen LogP contribution in [0.25, 0.3) is 0 Å². The molecule has 0 aliphatic heterocycles. The van der Waals surface area contributed by atoms with Gasteiger partial charge in [-0.2, -0.15) is 0 Å². The lowest BCUT2D eigenvalue weighted by molar-refractivity contribution is -0.120. The molecule has 18 heavy (non-hydrogen) atoms. The van der Waals surface area contributed by atoms with Gasteiger partial charge in [-0.25, -0.2) is 0 Å². The van der Waals surface area contributed by atoms with E-state index in [1.165, 1.54) is 5.56 Å². The van der Waals surface area contributed by atoms with Crippen molar-refractivity contribution >= 4 is 11.6 Å². The molecule has 1 aliphatic carbocycles. The molecular formula is C15H22N2O. The maximum atomic E-state index is 12.2. The molecule has 3 N–H and O–H groups in total. The van der Waals surface area contributed by atoms with Crippen molar-refractivity contribution in [3.63, 3.8) is 0 Å². The highest BCUT2D eigenvalue weighted by atomic mass is 16.1. The Balaban J connectivity index is 1.97. The van der Waals surface area contributed by atoms with E-state index in [-0.39, 0.29) is 11.8 Å². The van der Waals surface area contributed by atoms with Crippen molar-refractivity contribution in [1.82, 2.24) is 0 Å². The van der Waals surface area contributed by atoms with Gasteiger partial charge in [0.2, 0.25) is 5.91 Å². The van der Waals surface area contributed by atoms with Crippen molar-refractivity contribution in [3.8, 4) is 0 Å². The van der Waals surface area contributed by atoms with Crippen molar-refractivity contribution in [2.45, 2.75) is 32.6 Å². The number of nitrogens with two attached hydrogens (primary N) is 1. The third-order valence-corrected chi connectivity index (χ3v) is 3.93. The number of carbonyl (C=O) groups is 1. The molecule has 3 nitrogen and oxygen atoms in total. The summed E-state index contributed by atoms with van der Waals surface area (Å²) in [5.41, 5.74) is 7.89. The Hall–Kier alpha value is -1.35. The monoisotopic (exact) mass is 246 g/mol. The van der Waals surface area contributed by atoms with E-state index >= 15 is 0 Å². The maximum Gasteiger partial charge on any atom is 0.227 e. The minimum atomic E-state index is 0.0980. The smallest absolute Gasteiger partial charge is 0.227 e. The van der Waals surface area contributed by atoms with Crippen LogP contribution in [0.2, 0.25) is 0 Å². The molecule has 0 spiro atoms. The highest BCUT2D eigenvalue weighted by Gasteiger charge is 2.31. The van der Waals surface area contributed by atoms with Crippen molar-refractivity contribution in [3.05, 3.63) is 29.8 Å². The third-order valence-electron chi connectivity index (χ3n) is 3.93. The van der Waals surface area contributed by atoms with E-state index in [9.17, 15) is 4.79 Å². The first-order chi connectivity index (χ1) is 8.74. The van der Waals surface area contributed by atoms with Crippen LogP contribution in [0, 0.1) is 11.8 Å². The summed E-state index contributed by atoms with van der Waals surface area (Å²) in [5.74, 6) is 0.591. The third kappa shape index (κ3) is 2.91. The number of nitrogens with one attached hydrogen (secondary N) is 1. The van der Waals surface area contributed by atoms with Crippen LogP contribution in [0.3, 0.4) is 0 Å². The second-order valence-corrected chi connectivity index (χ2v) is 5.07. The van der Waals surface area contributed by atoms with Gasteiger partial charge in [0, 0.05) is 11.6 Å². The lowest BCUT2D eigenvalue weighted by atomic mass is 9.95. The summed E-state index contributed by atoms with van der Waals surface area (Å²) in [4.78, 5) is 12.2. The van der Waals surface area contributed by atoms with Gasteiger partial charge < -0.3 is 11.1 Å². The zero-order valence-electron chi connectivity index (χ0n) is 11.0. The van der Waals surface area contributed by atoms with Crippen molar-refractivity contribution in [1.29, 1.82) is 0 Å². The average Bonchev–Trinajstić information content (AvgIpc) is 2.88. The molecule has 98 valence electrons. The van der Waals surface area contributed by atoms with Gasteiger partial charge in [-0.1, -0.05) is 25.5 Å². The Kier molecular flexibility index (Phi) is 4.37. The molecule has 1 aromatic rings. The first kappa shape index (κ1) is 13.1. The van der Waals surface area contributed by atoms with Gasteiger partial charge in [0.1, 0.15) is 0 Å². The van der Waals surface area contributed by atoms with Gasteiger partial charge in [-0.05, 0) is 49.4 Å². The summed E-state index contributed by atoms with van der Waals surface area (Å²) >= 11 is 0. The molecule has 2 rings (SSSR count). The first-order valence-electron chi connectivity index (χ1n) is 6.84. The van der Waals surface area contributed by atoms with Gasteiger partial charge >= 0.3 is 0 Å². The van der Waals surface area contributed by atoms with E-state index < -0.39 is 0 Å². The Morgan fingerprint density at radius 1 is 1.33 bits per heavy atom. The lowest BCUT2D eigenvalue weighted by Gasteiger charge is -2.17. The molecule has 2 atom stereocenters. The van der Waals surface area contributed by atoms with E-state index in [2.05, 4.69) is 24.4 Å². The predicted molar refractivity (Wildman–Crippen MR) is 74.3 cm³/mol. The Morgan fingerprint density at radius 2 is 2.06 bits per heavy atom. The van der Waals surface area contributed by atoms with E-state index in [1.54, 1.807) is 0 Å². The van der Waals surface area contributed by atoms with Gasteiger partial charge in [0.25, 0.3) is 0 Å². The van der Waals surface area contributed by atoms with Gasteiger partial charge in [-0.3, -0.25) is 4.79 Å². The van der Waals surface area contributed by atoms with E-state index in [1.807, 2.05) is 12.1 Å². The van der Waals surface area contributed by atoms with E-state index in [0.29, 0.717) is 12.5 Å². The summed E-state index contributed by atoms with van der Waals surface area (Å²) in [7, 11) is 0. The normalized spacial score (nSPS) is 23.0. The summed E-state index contributed by atoms with van der Waals surface area (Å²) in [6, 6.07) is 8.07. The Morgan fingerprint density at radius 3 is 2.67 bits per heavy atom. The van der Waals surface area contributed by atoms with Crippen LogP contribution in [-0.2, 0) is 11.2 Å². The standard InChI is InChI=1S/C15H22N2O/c1-2-11-6-8-13(9-7-11)17-15(18)14-5-3-4-12(14)10-16/h6-9,12,14H,2-5,10,16H2,1H3,(H,17,18). The van der Waals surface area contributed by atoms with Crippen molar-refractivity contribution < 1.29 is 4.79 Å². The molecule has 0 heterocycles. The maximum absolute atomic E-state index is 12.2. The van der Waals surface area contributed by atoms with Crippen LogP contribution in [0.15, 0.2) is 24.3 Å².